The highest BCUT2D eigenvalue weighted by Crippen LogP contribution is 2.36. The molecule has 0 bridgehead atoms. The lowest BCUT2D eigenvalue weighted by molar-refractivity contribution is -0.115. The van der Waals surface area contributed by atoms with E-state index in [-0.39, 0.29) is 5.70 Å². The third-order valence-electron chi connectivity index (χ3n) is 4.24. The molecular formula is C21H21BrN2O4. The number of hydrogen-bond acceptors (Lipinski definition) is 4. The molecule has 2 aromatic rings. The Labute approximate surface area is 172 Å². The van der Waals surface area contributed by atoms with Crippen LogP contribution in [0.25, 0.3) is 6.08 Å². The third kappa shape index (κ3) is 4.20. The Morgan fingerprint density at radius 2 is 1.89 bits per heavy atom. The number of ether oxygens (including phenoxy) is 2. The number of anilines is 1. The van der Waals surface area contributed by atoms with Crippen LogP contribution in [0, 0.1) is 0 Å². The molecule has 6 nitrogen and oxygen atoms in total. The van der Waals surface area contributed by atoms with E-state index in [1.165, 1.54) is 4.90 Å². The van der Waals surface area contributed by atoms with E-state index < -0.39 is 11.9 Å². The Morgan fingerprint density at radius 1 is 1.14 bits per heavy atom. The summed E-state index contributed by atoms with van der Waals surface area (Å²) < 4.78 is 12.0. The molecule has 0 unspecified atom stereocenters. The number of nitrogens with one attached hydrogen (secondary N) is 1. The summed E-state index contributed by atoms with van der Waals surface area (Å²) in [6.45, 7) is 2.69. The first-order valence-corrected chi connectivity index (χ1v) is 9.77. The monoisotopic (exact) mass is 444 g/mol. The molecular weight excluding hydrogens is 424 g/mol. The Hall–Kier alpha value is -2.80. The number of amides is 3. The number of methoxy groups -OCH3 is 1. The number of benzene rings is 2. The highest BCUT2D eigenvalue weighted by Gasteiger charge is 2.34. The Morgan fingerprint density at radius 3 is 2.57 bits per heavy atom. The molecule has 0 aliphatic carbocycles. The van der Waals surface area contributed by atoms with Gasteiger partial charge < -0.3 is 9.47 Å². The summed E-state index contributed by atoms with van der Waals surface area (Å²) in [5.41, 5.74) is 1.54. The van der Waals surface area contributed by atoms with Crippen molar-refractivity contribution >= 4 is 39.6 Å². The lowest BCUT2D eigenvalue weighted by atomic mass is 10.1. The van der Waals surface area contributed by atoms with Crippen molar-refractivity contribution in [2.75, 3.05) is 18.6 Å². The second kappa shape index (κ2) is 8.93. The lowest BCUT2D eigenvalue weighted by Crippen LogP contribution is -2.27. The van der Waals surface area contributed by atoms with Crippen molar-refractivity contribution in [1.82, 2.24) is 5.32 Å². The van der Waals surface area contributed by atoms with Gasteiger partial charge in [-0.15, -0.1) is 0 Å². The van der Waals surface area contributed by atoms with Crippen molar-refractivity contribution in [3.8, 4) is 11.5 Å². The molecule has 0 radical (unpaired) electrons. The maximum Gasteiger partial charge on any atom is 0.333 e. The smallest absolute Gasteiger partial charge is 0.333 e. The third-order valence-corrected chi connectivity index (χ3v) is 4.93. The number of unbranched alkanes of at least 4 members (excludes halogenated alkanes) is 1. The van der Waals surface area contributed by atoms with Gasteiger partial charge in [-0.25, -0.2) is 4.79 Å². The van der Waals surface area contributed by atoms with Crippen LogP contribution < -0.4 is 19.7 Å². The van der Waals surface area contributed by atoms with E-state index in [9.17, 15) is 9.59 Å². The molecule has 1 aliphatic heterocycles. The minimum absolute atomic E-state index is 0.235. The largest absolute Gasteiger partial charge is 0.493 e. The maximum atomic E-state index is 12.4. The zero-order valence-electron chi connectivity index (χ0n) is 15.7. The van der Waals surface area contributed by atoms with Crippen molar-refractivity contribution in [2.24, 2.45) is 0 Å². The number of carbonyl (C=O) groups is 2. The molecule has 1 saturated heterocycles. The van der Waals surface area contributed by atoms with E-state index in [2.05, 4.69) is 28.2 Å². The lowest BCUT2D eigenvalue weighted by Gasteiger charge is -2.16. The fraction of sp³-hybridized carbons (Fsp3) is 0.238. The molecule has 0 saturated carbocycles. The summed E-state index contributed by atoms with van der Waals surface area (Å²) in [5.74, 6) is 0.724. The van der Waals surface area contributed by atoms with E-state index in [1.54, 1.807) is 31.4 Å². The number of carbonyl (C=O) groups excluding carboxylic acids is 2. The molecule has 3 rings (SSSR count). The average Bonchev–Trinajstić information content (AvgIpc) is 2.97. The van der Waals surface area contributed by atoms with E-state index >= 15 is 0 Å². The summed E-state index contributed by atoms with van der Waals surface area (Å²) in [6.07, 6.45) is 3.63. The van der Waals surface area contributed by atoms with Gasteiger partial charge in [0.25, 0.3) is 5.91 Å². The van der Waals surface area contributed by atoms with Gasteiger partial charge in [0.1, 0.15) is 5.70 Å². The Balaban J connectivity index is 1.99. The molecule has 1 fully saturated rings. The summed E-state index contributed by atoms with van der Waals surface area (Å²) in [5, 5.41) is 2.34. The first-order valence-electron chi connectivity index (χ1n) is 8.97. The molecule has 1 N–H and O–H groups in total. The SMILES string of the molecule is CCCCOc1cc(Br)c(C=C2C(=O)NC(=O)N2c2ccccc2)cc1OC. The van der Waals surface area contributed by atoms with Gasteiger partial charge in [0.15, 0.2) is 11.5 Å². The zero-order valence-corrected chi connectivity index (χ0v) is 17.3. The quantitative estimate of drug-likeness (QED) is 0.380. The van der Waals surface area contributed by atoms with Gasteiger partial charge in [0.05, 0.1) is 19.4 Å². The molecule has 0 spiro atoms. The van der Waals surface area contributed by atoms with Crippen molar-refractivity contribution in [2.45, 2.75) is 19.8 Å². The zero-order chi connectivity index (χ0) is 20.1. The predicted molar refractivity (Wildman–Crippen MR) is 112 cm³/mol. The predicted octanol–water partition coefficient (Wildman–Crippen LogP) is 4.73. The second-order valence-corrected chi connectivity index (χ2v) is 7.04. The molecule has 0 atom stereocenters. The first kappa shape index (κ1) is 19.9. The number of imide groups is 1. The number of urea groups is 1. The molecule has 146 valence electrons. The van der Waals surface area contributed by atoms with Crippen LogP contribution in [-0.2, 0) is 4.79 Å². The Kier molecular flexibility index (Phi) is 6.36. The van der Waals surface area contributed by atoms with E-state index in [0.717, 1.165) is 17.3 Å². The highest BCUT2D eigenvalue weighted by atomic mass is 79.9. The molecule has 28 heavy (non-hydrogen) atoms. The van der Waals surface area contributed by atoms with Gasteiger partial charge in [-0.05, 0) is 42.3 Å². The molecule has 0 aromatic heterocycles. The highest BCUT2D eigenvalue weighted by molar-refractivity contribution is 9.10. The van der Waals surface area contributed by atoms with Gasteiger partial charge in [-0.3, -0.25) is 15.0 Å². The minimum Gasteiger partial charge on any atom is -0.493 e. The minimum atomic E-state index is -0.481. The fourth-order valence-electron chi connectivity index (χ4n) is 2.80. The molecule has 1 aliphatic rings. The summed E-state index contributed by atoms with van der Waals surface area (Å²) in [4.78, 5) is 26.0. The first-order chi connectivity index (χ1) is 13.5. The van der Waals surface area contributed by atoms with Crippen molar-refractivity contribution in [3.05, 3.63) is 58.2 Å². The number of hydrogen-bond donors (Lipinski definition) is 1. The Bertz CT molecular complexity index is 912. The van der Waals surface area contributed by atoms with Gasteiger partial charge in [0.2, 0.25) is 0 Å². The van der Waals surface area contributed by atoms with Crippen LogP contribution in [0.15, 0.2) is 52.6 Å². The number of rotatable bonds is 7. The number of nitrogens with zero attached hydrogens (tertiary/aromatic N) is 1. The molecule has 2 aromatic carbocycles. The maximum absolute atomic E-state index is 12.4. The molecule has 7 heteroatoms. The standard InChI is InChI=1S/C21H21BrN2O4/c1-3-4-10-28-19-13-16(22)14(12-18(19)27-2)11-17-20(25)23-21(26)24(17)15-8-6-5-7-9-15/h5-9,11-13H,3-4,10H2,1-2H3,(H,23,25,26). The van der Waals surface area contributed by atoms with Gasteiger partial charge in [-0.1, -0.05) is 47.5 Å². The number of para-hydroxylation sites is 1. The van der Waals surface area contributed by atoms with Crippen molar-refractivity contribution in [3.63, 3.8) is 0 Å². The summed E-state index contributed by atoms with van der Waals surface area (Å²) in [6, 6.07) is 12.1. The fourth-order valence-corrected chi connectivity index (χ4v) is 3.24. The van der Waals surface area contributed by atoms with Gasteiger partial charge in [0, 0.05) is 4.47 Å². The van der Waals surface area contributed by atoms with Crippen LogP contribution in [0.2, 0.25) is 0 Å². The summed E-state index contributed by atoms with van der Waals surface area (Å²) >= 11 is 3.52. The van der Waals surface area contributed by atoms with E-state index in [0.29, 0.717) is 29.4 Å². The van der Waals surface area contributed by atoms with E-state index in [1.807, 2.05) is 24.3 Å². The van der Waals surface area contributed by atoms with Gasteiger partial charge >= 0.3 is 6.03 Å². The van der Waals surface area contributed by atoms with Crippen LogP contribution in [0.3, 0.4) is 0 Å². The van der Waals surface area contributed by atoms with Crippen molar-refractivity contribution in [1.29, 1.82) is 0 Å². The van der Waals surface area contributed by atoms with E-state index in [4.69, 9.17) is 9.47 Å². The topological polar surface area (TPSA) is 67.9 Å². The number of halogens is 1. The van der Waals surface area contributed by atoms with Crippen LogP contribution in [0.4, 0.5) is 10.5 Å². The van der Waals surface area contributed by atoms with Gasteiger partial charge in [-0.2, -0.15) is 0 Å². The van der Waals surface area contributed by atoms with Crippen LogP contribution in [-0.4, -0.2) is 25.7 Å². The molecule has 1 heterocycles. The summed E-state index contributed by atoms with van der Waals surface area (Å²) in [7, 11) is 1.56. The second-order valence-electron chi connectivity index (χ2n) is 6.19. The average molecular weight is 445 g/mol. The van der Waals surface area contributed by atoms with Crippen LogP contribution in [0.1, 0.15) is 25.3 Å². The van der Waals surface area contributed by atoms with Crippen LogP contribution in [0.5, 0.6) is 11.5 Å². The van der Waals surface area contributed by atoms with Crippen molar-refractivity contribution < 1.29 is 19.1 Å². The molecule has 3 amide bonds. The van der Waals surface area contributed by atoms with Crippen LogP contribution >= 0.6 is 15.9 Å². The normalized spacial score (nSPS) is 15.1.